The summed E-state index contributed by atoms with van der Waals surface area (Å²) in [6.45, 7) is 5.34. The Balaban J connectivity index is 2.88. The van der Waals surface area contributed by atoms with E-state index in [0.29, 0.717) is 18.7 Å². The summed E-state index contributed by atoms with van der Waals surface area (Å²) in [5.74, 6) is 0.0564. The van der Waals surface area contributed by atoms with Gasteiger partial charge in [-0.3, -0.25) is 4.79 Å². The molecule has 0 saturated carbocycles. The van der Waals surface area contributed by atoms with Gasteiger partial charge in [-0.15, -0.1) is 0 Å². The summed E-state index contributed by atoms with van der Waals surface area (Å²) in [5.41, 5.74) is 6.21. The van der Waals surface area contributed by atoms with Gasteiger partial charge in [0.05, 0.1) is 5.56 Å². The number of carbonyl (C=O) groups is 1. The fourth-order valence-electron chi connectivity index (χ4n) is 1.65. The lowest BCUT2D eigenvalue weighted by molar-refractivity contribution is 0.0704. The molecule has 0 heterocycles. The van der Waals surface area contributed by atoms with Crippen molar-refractivity contribution in [2.75, 3.05) is 13.1 Å². The van der Waals surface area contributed by atoms with Crippen molar-refractivity contribution in [2.45, 2.75) is 26.3 Å². The van der Waals surface area contributed by atoms with Crippen LogP contribution in [0.5, 0.6) is 0 Å². The Hall–Kier alpha value is -0.870. The van der Waals surface area contributed by atoms with Crippen molar-refractivity contribution in [1.29, 1.82) is 0 Å². The Morgan fingerprint density at radius 1 is 1.41 bits per heavy atom. The molecule has 0 bridgehead atoms. The third kappa shape index (κ3) is 3.82. The van der Waals surface area contributed by atoms with E-state index in [0.717, 1.165) is 10.9 Å². The molecule has 94 valence electrons. The van der Waals surface area contributed by atoms with E-state index in [9.17, 15) is 4.79 Å². The predicted molar refractivity (Wildman–Crippen MR) is 74.0 cm³/mol. The Labute approximate surface area is 111 Å². The molecule has 0 fully saturated rings. The predicted octanol–water partition coefficient (Wildman–Crippen LogP) is 2.65. The minimum Gasteiger partial charge on any atom is -0.336 e. The lowest BCUT2D eigenvalue weighted by atomic mass is 10.1. The minimum atomic E-state index is 0.0564. The molecule has 0 radical (unpaired) electrons. The van der Waals surface area contributed by atoms with Crippen molar-refractivity contribution in [3.8, 4) is 0 Å². The van der Waals surface area contributed by atoms with E-state index < -0.39 is 0 Å². The molecule has 0 unspecified atom stereocenters. The molecule has 0 aliphatic rings. The zero-order chi connectivity index (χ0) is 12.8. The lowest BCUT2D eigenvalue weighted by Gasteiger charge is -2.27. The van der Waals surface area contributed by atoms with Gasteiger partial charge >= 0.3 is 0 Å². The Morgan fingerprint density at radius 3 is 2.59 bits per heavy atom. The molecule has 4 heteroatoms. The second-order valence-corrected chi connectivity index (χ2v) is 5.07. The van der Waals surface area contributed by atoms with Gasteiger partial charge in [0.1, 0.15) is 0 Å². The second-order valence-electron chi connectivity index (χ2n) is 4.21. The van der Waals surface area contributed by atoms with Crippen LogP contribution in [0, 0.1) is 0 Å². The number of benzene rings is 1. The van der Waals surface area contributed by atoms with Gasteiger partial charge in [0.2, 0.25) is 0 Å². The van der Waals surface area contributed by atoms with Crippen LogP contribution in [0.2, 0.25) is 0 Å². The number of halogens is 1. The Kier molecular flexibility index (Phi) is 5.65. The van der Waals surface area contributed by atoms with E-state index in [1.54, 1.807) is 0 Å². The Morgan fingerprint density at radius 2 is 2.06 bits per heavy atom. The van der Waals surface area contributed by atoms with E-state index in [1.165, 1.54) is 0 Å². The molecule has 0 atom stereocenters. The average molecular weight is 299 g/mol. The molecule has 17 heavy (non-hydrogen) atoms. The fraction of sp³-hybridized carbons (Fsp3) is 0.462. The molecule has 1 aromatic rings. The first-order valence-corrected chi connectivity index (χ1v) is 6.62. The van der Waals surface area contributed by atoms with Crippen LogP contribution in [0.15, 0.2) is 28.7 Å². The van der Waals surface area contributed by atoms with Crippen molar-refractivity contribution < 1.29 is 4.79 Å². The maximum atomic E-state index is 12.4. The second kappa shape index (κ2) is 6.77. The highest BCUT2D eigenvalue weighted by Gasteiger charge is 2.19. The van der Waals surface area contributed by atoms with Crippen LogP contribution in [0.3, 0.4) is 0 Å². The number of nitrogens with zero attached hydrogens (tertiary/aromatic N) is 1. The smallest absolute Gasteiger partial charge is 0.255 e. The van der Waals surface area contributed by atoms with Crippen molar-refractivity contribution >= 4 is 21.8 Å². The van der Waals surface area contributed by atoms with E-state index in [-0.39, 0.29) is 11.9 Å². The highest BCUT2D eigenvalue weighted by Crippen LogP contribution is 2.19. The van der Waals surface area contributed by atoms with E-state index in [1.807, 2.05) is 43.0 Å². The van der Waals surface area contributed by atoms with Gasteiger partial charge in [-0.2, -0.15) is 0 Å². The van der Waals surface area contributed by atoms with Gasteiger partial charge in [0.25, 0.3) is 5.91 Å². The van der Waals surface area contributed by atoms with Crippen LogP contribution in [-0.2, 0) is 0 Å². The maximum Gasteiger partial charge on any atom is 0.255 e. The molecule has 0 aliphatic carbocycles. The van der Waals surface area contributed by atoms with Crippen LogP contribution in [0.4, 0.5) is 0 Å². The van der Waals surface area contributed by atoms with E-state index >= 15 is 0 Å². The summed E-state index contributed by atoms with van der Waals surface area (Å²) in [6.07, 6.45) is 0.828. The monoisotopic (exact) mass is 298 g/mol. The summed E-state index contributed by atoms with van der Waals surface area (Å²) in [6, 6.07) is 7.68. The van der Waals surface area contributed by atoms with Gasteiger partial charge in [0.15, 0.2) is 0 Å². The van der Waals surface area contributed by atoms with Crippen LogP contribution < -0.4 is 5.73 Å². The SMILES string of the molecule is CC(C)N(CCCN)C(=O)c1ccccc1Br. The van der Waals surface area contributed by atoms with Crippen LogP contribution >= 0.6 is 15.9 Å². The first kappa shape index (κ1) is 14.2. The van der Waals surface area contributed by atoms with Gasteiger partial charge < -0.3 is 10.6 Å². The van der Waals surface area contributed by atoms with Crippen molar-refractivity contribution in [3.63, 3.8) is 0 Å². The quantitative estimate of drug-likeness (QED) is 0.908. The van der Waals surface area contributed by atoms with Crippen molar-refractivity contribution in [1.82, 2.24) is 4.90 Å². The molecule has 0 aromatic heterocycles. The van der Waals surface area contributed by atoms with Crippen LogP contribution in [0.1, 0.15) is 30.6 Å². The third-order valence-corrected chi connectivity index (χ3v) is 3.28. The lowest BCUT2D eigenvalue weighted by Crippen LogP contribution is -2.38. The topological polar surface area (TPSA) is 46.3 Å². The maximum absolute atomic E-state index is 12.4. The molecule has 0 spiro atoms. The summed E-state index contributed by atoms with van der Waals surface area (Å²) in [4.78, 5) is 14.2. The molecule has 0 saturated heterocycles. The normalized spacial score (nSPS) is 10.6. The van der Waals surface area contributed by atoms with Gasteiger partial charge in [-0.25, -0.2) is 0 Å². The zero-order valence-corrected chi connectivity index (χ0v) is 11.9. The number of hydrogen-bond donors (Lipinski definition) is 1. The molecule has 2 N–H and O–H groups in total. The summed E-state index contributed by atoms with van der Waals surface area (Å²) < 4.78 is 0.836. The molecule has 0 aliphatic heterocycles. The minimum absolute atomic E-state index is 0.0564. The number of nitrogens with two attached hydrogens (primary N) is 1. The van der Waals surface area contributed by atoms with E-state index in [2.05, 4.69) is 15.9 Å². The Bertz CT molecular complexity index is 379. The molecule has 1 rings (SSSR count). The zero-order valence-electron chi connectivity index (χ0n) is 10.3. The van der Waals surface area contributed by atoms with Crippen molar-refractivity contribution in [3.05, 3.63) is 34.3 Å². The highest BCUT2D eigenvalue weighted by molar-refractivity contribution is 9.10. The van der Waals surface area contributed by atoms with Crippen molar-refractivity contribution in [2.24, 2.45) is 5.73 Å². The molecule has 1 aromatic carbocycles. The fourth-order valence-corrected chi connectivity index (χ4v) is 2.10. The average Bonchev–Trinajstić information content (AvgIpc) is 2.29. The van der Waals surface area contributed by atoms with Gasteiger partial charge in [-0.1, -0.05) is 12.1 Å². The molecular formula is C13H19BrN2O. The number of rotatable bonds is 5. The standard InChI is InChI=1S/C13H19BrN2O/c1-10(2)16(9-5-8-15)13(17)11-6-3-4-7-12(11)14/h3-4,6-7,10H,5,8-9,15H2,1-2H3. The first-order chi connectivity index (χ1) is 8.07. The van der Waals surface area contributed by atoms with Crippen LogP contribution in [0.25, 0.3) is 0 Å². The summed E-state index contributed by atoms with van der Waals surface area (Å²) >= 11 is 3.41. The summed E-state index contributed by atoms with van der Waals surface area (Å²) in [7, 11) is 0. The number of hydrogen-bond acceptors (Lipinski definition) is 2. The largest absolute Gasteiger partial charge is 0.336 e. The highest BCUT2D eigenvalue weighted by atomic mass is 79.9. The van der Waals surface area contributed by atoms with Gasteiger partial charge in [0, 0.05) is 17.1 Å². The third-order valence-electron chi connectivity index (χ3n) is 2.59. The summed E-state index contributed by atoms with van der Waals surface area (Å²) in [5, 5.41) is 0. The first-order valence-electron chi connectivity index (χ1n) is 5.83. The number of amides is 1. The molecule has 1 amide bonds. The van der Waals surface area contributed by atoms with Crippen LogP contribution in [-0.4, -0.2) is 29.9 Å². The molecular weight excluding hydrogens is 280 g/mol. The number of carbonyl (C=O) groups excluding carboxylic acids is 1. The van der Waals surface area contributed by atoms with Gasteiger partial charge in [-0.05, 0) is 54.9 Å². The molecule has 3 nitrogen and oxygen atoms in total. The van der Waals surface area contributed by atoms with E-state index in [4.69, 9.17) is 5.73 Å².